The molecule has 1 rings (SSSR count). The van der Waals surface area contributed by atoms with E-state index in [1.54, 1.807) is 6.92 Å². The lowest BCUT2D eigenvalue weighted by Crippen LogP contribution is -2.32. The van der Waals surface area contributed by atoms with E-state index < -0.39 is 16.9 Å². The number of aromatic nitrogens is 2. The third kappa shape index (κ3) is 3.70. The first-order chi connectivity index (χ1) is 8.43. The van der Waals surface area contributed by atoms with Crippen molar-refractivity contribution >= 4 is 23.5 Å². The average molecular weight is 274 g/mol. The van der Waals surface area contributed by atoms with Crippen LogP contribution in [0, 0.1) is 17.0 Å². The lowest BCUT2D eigenvalue weighted by Gasteiger charge is -2.06. The van der Waals surface area contributed by atoms with Crippen LogP contribution in [0.2, 0.25) is 0 Å². The van der Waals surface area contributed by atoms with Gasteiger partial charge in [0.2, 0.25) is 0 Å². The van der Waals surface area contributed by atoms with Crippen LogP contribution in [-0.4, -0.2) is 43.1 Å². The van der Waals surface area contributed by atoms with Crippen molar-refractivity contribution in [1.29, 1.82) is 0 Å². The van der Waals surface area contributed by atoms with Gasteiger partial charge in [0.25, 0.3) is 0 Å². The van der Waals surface area contributed by atoms with Gasteiger partial charge in [0.1, 0.15) is 18.8 Å². The molecule has 0 aliphatic carbocycles. The van der Waals surface area contributed by atoms with E-state index in [4.69, 9.17) is 10.8 Å². The van der Waals surface area contributed by atoms with Crippen molar-refractivity contribution in [1.82, 2.24) is 9.55 Å². The van der Waals surface area contributed by atoms with E-state index >= 15 is 0 Å². The van der Waals surface area contributed by atoms with E-state index in [1.807, 2.05) is 0 Å². The molecule has 1 atom stereocenters. The molecule has 0 unspecified atom stereocenters. The summed E-state index contributed by atoms with van der Waals surface area (Å²) in [6.45, 7) is 2.08. The summed E-state index contributed by atoms with van der Waals surface area (Å²) in [5.74, 6) is 0.267. The molecule has 0 spiro atoms. The summed E-state index contributed by atoms with van der Waals surface area (Å²) in [4.78, 5) is 24.6. The quantitative estimate of drug-likeness (QED) is 0.414. The first-order valence-corrected chi connectivity index (χ1v) is 6.31. The Morgan fingerprint density at radius 2 is 2.44 bits per heavy atom. The molecular weight excluding hydrogens is 260 g/mol. The molecule has 1 aromatic heterocycles. The van der Waals surface area contributed by atoms with Crippen LogP contribution in [0.15, 0.2) is 6.20 Å². The van der Waals surface area contributed by atoms with Gasteiger partial charge in [0.05, 0.1) is 0 Å². The summed E-state index contributed by atoms with van der Waals surface area (Å²) in [6, 6.07) is -0.908. The van der Waals surface area contributed by atoms with Crippen LogP contribution in [-0.2, 0) is 11.3 Å². The fraction of sp³-hybridized carbons (Fsp3) is 0.556. The summed E-state index contributed by atoms with van der Waals surface area (Å²) in [5, 5.41) is 19.3. The molecule has 0 bridgehead atoms. The number of carboxylic acid groups (broad SMARTS) is 1. The number of carboxylic acids is 1. The molecule has 0 aliphatic heterocycles. The van der Waals surface area contributed by atoms with Gasteiger partial charge in [0.15, 0.2) is 5.82 Å². The molecule has 0 saturated heterocycles. The first-order valence-electron chi connectivity index (χ1n) is 5.16. The van der Waals surface area contributed by atoms with E-state index in [9.17, 15) is 14.9 Å². The van der Waals surface area contributed by atoms with Crippen LogP contribution < -0.4 is 5.73 Å². The van der Waals surface area contributed by atoms with Gasteiger partial charge in [0, 0.05) is 18.4 Å². The lowest BCUT2D eigenvalue weighted by atomic mass is 10.4. The van der Waals surface area contributed by atoms with Crippen LogP contribution in [0.4, 0.5) is 5.82 Å². The van der Waals surface area contributed by atoms with Crippen molar-refractivity contribution in [3.05, 3.63) is 22.1 Å². The lowest BCUT2D eigenvalue weighted by molar-refractivity contribution is -0.392. The fourth-order valence-electron chi connectivity index (χ4n) is 1.32. The van der Waals surface area contributed by atoms with Gasteiger partial charge in [-0.2, -0.15) is 11.8 Å². The predicted octanol–water partition coefficient (Wildman–Crippen LogP) is 0.245. The summed E-state index contributed by atoms with van der Waals surface area (Å²) < 4.78 is 1.49. The fourth-order valence-corrected chi connectivity index (χ4v) is 2.19. The Morgan fingerprint density at radius 1 is 1.78 bits per heavy atom. The van der Waals surface area contributed by atoms with Crippen molar-refractivity contribution in [2.45, 2.75) is 19.5 Å². The van der Waals surface area contributed by atoms with E-state index in [2.05, 4.69) is 4.98 Å². The minimum absolute atomic E-state index is 0.0596. The Balaban J connectivity index is 2.47. The molecule has 100 valence electrons. The third-order valence-corrected chi connectivity index (χ3v) is 3.36. The maximum Gasteiger partial charge on any atom is 0.342 e. The number of nitrogens with two attached hydrogens (primary N) is 1. The number of aryl methyl sites for hydroxylation is 1. The number of hydrogen-bond acceptors (Lipinski definition) is 6. The number of aliphatic carboxylic acids is 1. The van der Waals surface area contributed by atoms with E-state index in [1.165, 1.54) is 22.5 Å². The van der Waals surface area contributed by atoms with Gasteiger partial charge in [-0.25, -0.2) is 9.55 Å². The largest absolute Gasteiger partial charge is 0.480 e. The van der Waals surface area contributed by atoms with E-state index in [0.717, 1.165) is 0 Å². The zero-order valence-corrected chi connectivity index (χ0v) is 10.6. The van der Waals surface area contributed by atoms with Crippen molar-refractivity contribution in [3.8, 4) is 0 Å². The van der Waals surface area contributed by atoms with Crippen molar-refractivity contribution < 1.29 is 14.8 Å². The number of thioether (sulfide) groups is 1. The Bertz CT molecular complexity index is 448. The van der Waals surface area contributed by atoms with Gasteiger partial charge < -0.3 is 21.0 Å². The van der Waals surface area contributed by atoms with Gasteiger partial charge in [-0.15, -0.1) is 0 Å². The maximum absolute atomic E-state index is 10.7. The molecule has 3 N–H and O–H groups in total. The van der Waals surface area contributed by atoms with Crippen molar-refractivity contribution in [3.63, 3.8) is 0 Å². The summed E-state index contributed by atoms with van der Waals surface area (Å²) in [5.41, 5.74) is 5.34. The predicted molar refractivity (Wildman–Crippen MR) is 66.6 cm³/mol. The van der Waals surface area contributed by atoms with Gasteiger partial charge in [-0.3, -0.25) is 4.79 Å². The van der Waals surface area contributed by atoms with Crippen LogP contribution in [0.25, 0.3) is 0 Å². The van der Waals surface area contributed by atoms with E-state index in [0.29, 0.717) is 18.1 Å². The van der Waals surface area contributed by atoms with Crippen molar-refractivity contribution in [2.75, 3.05) is 11.5 Å². The zero-order valence-electron chi connectivity index (χ0n) is 9.78. The van der Waals surface area contributed by atoms with Gasteiger partial charge in [-0.1, -0.05) is 0 Å². The van der Waals surface area contributed by atoms with Gasteiger partial charge in [-0.05, 0) is 4.92 Å². The number of nitrogens with zero attached hydrogens (tertiary/aromatic N) is 3. The number of nitro groups is 1. The molecule has 0 saturated carbocycles. The molecule has 8 nitrogen and oxygen atoms in total. The standard InChI is InChI=1S/C9H14N4O4S/c1-6-11-4-8(13(16)17)12(6)2-3-18-5-7(10)9(14)15/h4,7H,2-3,5,10H2,1H3,(H,14,15)/t7-/m0/s1. The number of imidazole rings is 1. The first kappa shape index (κ1) is 14.5. The molecule has 0 amide bonds. The topological polar surface area (TPSA) is 124 Å². The third-order valence-electron chi connectivity index (χ3n) is 2.29. The van der Waals surface area contributed by atoms with Crippen molar-refractivity contribution in [2.24, 2.45) is 5.73 Å². The summed E-state index contributed by atoms with van der Waals surface area (Å²) in [7, 11) is 0. The molecule has 18 heavy (non-hydrogen) atoms. The molecule has 1 heterocycles. The van der Waals surface area contributed by atoms with Crippen LogP contribution >= 0.6 is 11.8 Å². The minimum Gasteiger partial charge on any atom is -0.480 e. The average Bonchev–Trinajstić information content (AvgIpc) is 2.66. The Hall–Kier alpha value is -1.61. The highest BCUT2D eigenvalue weighted by Gasteiger charge is 2.17. The molecule has 1 aromatic rings. The summed E-state index contributed by atoms with van der Waals surface area (Å²) in [6.07, 6.45) is 1.21. The number of hydrogen-bond donors (Lipinski definition) is 2. The van der Waals surface area contributed by atoms with Crippen LogP contribution in [0.3, 0.4) is 0 Å². The normalized spacial score (nSPS) is 12.3. The number of rotatable bonds is 7. The Morgan fingerprint density at radius 3 is 3.00 bits per heavy atom. The second-order valence-corrected chi connectivity index (χ2v) is 4.74. The van der Waals surface area contributed by atoms with Crippen LogP contribution in [0.1, 0.15) is 5.82 Å². The van der Waals surface area contributed by atoms with Gasteiger partial charge >= 0.3 is 11.8 Å². The molecule has 0 fully saturated rings. The molecular formula is C9H14N4O4S. The Kier molecular flexibility index (Phi) is 5.10. The molecule has 0 aromatic carbocycles. The molecule has 0 radical (unpaired) electrons. The number of carbonyl (C=O) groups is 1. The second kappa shape index (κ2) is 6.36. The Labute approximate surface area is 107 Å². The van der Waals surface area contributed by atoms with Crippen LogP contribution in [0.5, 0.6) is 0 Å². The molecule has 9 heteroatoms. The second-order valence-electron chi connectivity index (χ2n) is 3.59. The highest BCUT2D eigenvalue weighted by atomic mass is 32.2. The zero-order chi connectivity index (χ0) is 13.7. The maximum atomic E-state index is 10.7. The highest BCUT2D eigenvalue weighted by Crippen LogP contribution is 2.15. The molecule has 0 aliphatic rings. The minimum atomic E-state index is -1.05. The summed E-state index contributed by atoms with van der Waals surface area (Å²) >= 11 is 1.34. The smallest absolute Gasteiger partial charge is 0.342 e. The SMILES string of the molecule is Cc1ncc([N+](=O)[O-])n1CCSC[C@H](N)C(=O)O. The highest BCUT2D eigenvalue weighted by molar-refractivity contribution is 7.99. The monoisotopic (exact) mass is 274 g/mol. The van der Waals surface area contributed by atoms with E-state index in [-0.39, 0.29) is 11.6 Å².